The van der Waals surface area contributed by atoms with E-state index in [1.807, 2.05) is 4.98 Å². The van der Waals surface area contributed by atoms with Gasteiger partial charge in [0.1, 0.15) is 5.69 Å². The van der Waals surface area contributed by atoms with E-state index in [2.05, 4.69) is 10.2 Å². The van der Waals surface area contributed by atoms with Gasteiger partial charge < -0.3 is 5.73 Å². The summed E-state index contributed by atoms with van der Waals surface area (Å²) in [5.74, 6) is 0. The molecule has 1 rings (SSSR count). The Kier molecular flexibility index (Phi) is 2.17. The van der Waals surface area contributed by atoms with Crippen molar-refractivity contribution in [3.8, 4) is 0 Å². The molecule has 0 saturated heterocycles. The van der Waals surface area contributed by atoms with Gasteiger partial charge in [-0.3, -0.25) is 9.78 Å². The molecule has 6 heteroatoms. The standard InChI is InChI=1S/C5H8N4O2/c6-2-1-3-4(10)7-5(11)9-8-3/h1-2,6H2,(H2,7,9,10,11). The van der Waals surface area contributed by atoms with Crippen molar-refractivity contribution in [2.75, 3.05) is 6.54 Å². The van der Waals surface area contributed by atoms with Crippen LogP contribution in [-0.2, 0) is 6.42 Å². The second kappa shape index (κ2) is 3.11. The number of nitrogens with one attached hydrogen (secondary N) is 2. The number of nitrogens with zero attached hydrogens (tertiary/aromatic N) is 1. The van der Waals surface area contributed by atoms with E-state index < -0.39 is 11.2 Å². The first-order valence-corrected chi connectivity index (χ1v) is 3.12. The third-order valence-electron chi connectivity index (χ3n) is 1.16. The van der Waals surface area contributed by atoms with E-state index in [0.29, 0.717) is 13.0 Å². The van der Waals surface area contributed by atoms with Crippen molar-refractivity contribution in [2.45, 2.75) is 6.42 Å². The van der Waals surface area contributed by atoms with Crippen LogP contribution in [-0.4, -0.2) is 21.7 Å². The number of aromatic nitrogens is 3. The molecule has 0 atom stereocenters. The largest absolute Gasteiger partial charge is 0.342 e. The van der Waals surface area contributed by atoms with Gasteiger partial charge in [0, 0.05) is 6.42 Å². The van der Waals surface area contributed by atoms with Crippen LogP contribution in [0.15, 0.2) is 9.59 Å². The van der Waals surface area contributed by atoms with Gasteiger partial charge in [0.2, 0.25) is 0 Å². The smallest absolute Gasteiger partial charge is 0.330 e. The highest BCUT2D eigenvalue weighted by molar-refractivity contribution is 4.92. The Hall–Kier alpha value is -1.43. The Morgan fingerprint density at radius 1 is 1.45 bits per heavy atom. The Morgan fingerprint density at radius 2 is 2.18 bits per heavy atom. The zero-order chi connectivity index (χ0) is 8.27. The highest BCUT2D eigenvalue weighted by Crippen LogP contribution is 1.76. The Labute approximate surface area is 61.5 Å². The third kappa shape index (κ3) is 1.74. The van der Waals surface area contributed by atoms with Crippen molar-refractivity contribution >= 4 is 0 Å². The Bertz CT molecular complexity index is 339. The zero-order valence-corrected chi connectivity index (χ0v) is 5.76. The lowest BCUT2D eigenvalue weighted by Gasteiger charge is -1.92. The number of H-pyrrole nitrogens is 2. The fourth-order valence-corrected chi connectivity index (χ4v) is 0.678. The number of aromatic amines is 2. The molecule has 1 aromatic rings. The average Bonchev–Trinajstić information content (AvgIpc) is 1.95. The maximum absolute atomic E-state index is 10.8. The highest BCUT2D eigenvalue weighted by atomic mass is 16.2. The van der Waals surface area contributed by atoms with Gasteiger partial charge in [-0.1, -0.05) is 0 Å². The van der Waals surface area contributed by atoms with Gasteiger partial charge in [0.05, 0.1) is 0 Å². The fourth-order valence-electron chi connectivity index (χ4n) is 0.678. The van der Waals surface area contributed by atoms with Gasteiger partial charge in [-0.05, 0) is 6.54 Å². The van der Waals surface area contributed by atoms with E-state index in [1.165, 1.54) is 0 Å². The van der Waals surface area contributed by atoms with Crippen molar-refractivity contribution in [3.63, 3.8) is 0 Å². The molecule has 60 valence electrons. The summed E-state index contributed by atoms with van der Waals surface area (Å²) in [7, 11) is 0. The minimum Gasteiger partial charge on any atom is -0.330 e. The molecule has 0 aliphatic carbocycles. The second-order valence-electron chi connectivity index (χ2n) is 1.99. The lowest BCUT2D eigenvalue weighted by Crippen LogP contribution is -2.28. The van der Waals surface area contributed by atoms with Gasteiger partial charge in [0.25, 0.3) is 5.56 Å². The molecule has 0 fully saturated rings. The van der Waals surface area contributed by atoms with E-state index in [0.717, 1.165) is 0 Å². The summed E-state index contributed by atoms with van der Waals surface area (Å²) >= 11 is 0. The molecule has 0 aliphatic rings. The number of hydrogen-bond acceptors (Lipinski definition) is 4. The monoisotopic (exact) mass is 156 g/mol. The van der Waals surface area contributed by atoms with E-state index in [9.17, 15) is 9.59 Å². The van der Waals surface area contributed by atoms with Crippen LogP contribution in [0.25, 0.3) is 0 Å². The van der Waals surface area contributed by atoms with Crippen LogP contribution in [0.3, 0.4) is 0 Å². The van der Waals surface area contributed by atoms with Crippen molar-refractivity contribution in [2.24, 2.45) is 5.73 Å². The minimum atomic E-state index is -0.601. The molecule has 0 bridgehead atoms. The summed E-state index contributed by atoms with van der Waals surface area (Å²) in [6.45, 7) is 0.335. The molecular formula is C5H8N4O2. The van der Waals surface area contributed by atoms with E-state index in [1.54, 1.807) is 0 Å². The molecular weight excluding hydrogens is 148 g/mol. The van der Waals surface area contributed by atoms with Crippen LogP contribution in [0.4, 0.5) is 0 Å². The molecule has 4 N–H and O–H groups in total. The van der Waals surface area contributed by atoms with Gasteiger partial charge in [-0.2, -0.15) is 5.10 Å². The summed E-state index contributed by atoms with van der Waals surface area (Å²) in [6.07, 6.45) is 0.367. The van der Waals surface area contributed by atoms with Crippen LogP contribution in [0.2, 0.25) is 0 Å². The second-order valence-corrected chi connectivity index (χ2v) is 1.99. The van der Waals surface area contributed by atoms with Crippen molar-refractivity contribution in [3.05, 3.63) is 26.5 Å². The summed E-state index contributed by atoms with van der Waals surface area (Å²) in [5, 5.41) is 5.62. The molecule has 1 aromatic heterocycles. The molecule has 0 amide bonds. The number of hydrogen-bond donors (Lipinski definition) is 3. The van der Waals surface area contributed by atoms with Crippen molar-refractivity contribution < 1.29 is 0 Å². The van der Waals surface area contributed by atoms with Gasteiger partial charge >= 0.3 is 5.69 Å². The highest BCUT2D eigenvalue weighted by Gasteiger charge is 1.98. The Balaban J connectivity index is 3.10. The van der Waals surface area contributed by atoms with E-state index >= 15 is 0 Å². The maximum atomic E-state index is 10.8. The van der Waals surface area contributed by atoms with Crippen LogP contribution < -0.4 is 17.0 Å². The van der Waals surface area contributed by atoms with Crippen molar-refractivity contribution in [1.82, 2.24) is 15.2 Å². The molecule has 0 unspecified atom stereocenters. The lowest BCUT2D eigenvalue weighted by molar-refractivity contribution is 0.793. The van der Waals surface area contributed by atoms with Crippen molar-refractivity contribution in [1.29, 1.82) is 0 Å². The van der Waals surface area contributed by atoms with E-state index in [4.69, 9.17) is 5.73 Å². The summed E-state index contributed by atoms with van der Waals surface area (Å²) in [4.78, 5) is 23.3. The molecule has 0 radical (unpaired) electrons. The summed E-state index contributed by atoms with van der Waals surface area (Å²) in [6, 6.07) is 0. The van der Waals surface area contributed by atoms with Gasteiger partial charge in [0.15, 0.2) is 0 Å². The van der Waals surface area contributed by atoms with E-state index in [-0.39, 0.29) is 5.69 Å². The predicted octanol–water partition coefficient (Wildman–Crippen LogP) is -2.04. The molecule has 0 spiro atoms. The SMILES string of the molecule is NCCc1n[nH]c(=O)[nH]c1=O. The summed E-state index contributed by atoms with van der Waals surface area (Å²) < 4.78 is 0. The normalized spacial score (nSPS) is 9.91. The first-order chi connectivity index (χ1) is 5.24. The van der Waals surface area contributed by atoms with Crippen LogP contribution in [0.5, 0.6) is 0 Å². The van der Waals surface area contributed by atoms with Gasteiger partial charge in [-0.15, -0.1) is 0 Å². The maximum Gasteiger partial charge on any atom is 0.342 e. The number of rotatable bonds is 2. The summed E-state index contributed by atoms with van der Waals surface area (Å²) in [5.41, 5.74) is 4.37. The molecule has 0 saturated carbocycles. The quantitative estimate of drug-likeness (QED) is 0.458. The third-order valence-corrected chi connectivity index (χ3v) is 1.16. The Morgan fingerprint density at radius 3 is 2.73 bits per heavy atom. The van der Waals surface area contributed by atoms with Crippen LogP contribution >= 0.6 is 0 Å². The van der Waals surface area contributed by atoms with Crippen LogP contribution in [0, 0.1) is 0 Å². The van der Waals surface area contributed by atoms with Gasteiger partial charge in [-0.25, -0.2) is 9.89 Å². The molecule has 11 heavy (non-hydrogen) atoms. The first-order valence-electron chi connectivity index (χ1n) is 3.12. The van der Waals surface area contributed by atoms with Crippen LogP contribution in [0.1, 0.15) is 5.69 Å². The zero-order valence-electron chi connectivity index (χ0n) is 5.76. The fraction of sp³-hybridized carbons (Fsp3) is 0.400. The lowest BCUT2D eigenvalue weighted by atomic mass is 10.3. The number of nitrogens with two attached hydrogens (primary N) is 1. The first kappa shape index (κ1) is 7.67. The topological polar surface area (TPSA) is 105 Å². The molecule has 6 nitrogen and oxygen atoms in total. The minimum absolute atomic E-state index is 0.257. The predicted molar refractivity (Wildman–Crippen MR) is 38.2 cm³/mol. The molecule has 0 aliphatic heterocycles. The molecule has 1 heterocycles. The molecule has 0 aromatic carbocycles. The average molecular weight is 156 g/mol.